The third-order valence-electron chi connectivity index (χ3n) is 1.46. The average Bonchev–Trinajstić information content (AvgIpc) is 2.01. The molecule has 1 rings (SSSR count). The lowest BCUT2D eigenvalue weighted by Crippen LogP contribution is -1.81. The molecule has 0 fully saturated rings. The van der Waals surface area contributed by atoms with Crippen molar-refractivity contribution in [1.82, 2.24) is 0 Å². The highest BCUT2D eigenvalue weighted by atomic mass is 35.5. The minimum atomic E-state index is -0.0638. The Balaban J connectivity index is 3.11. The number of halogens is 2. The first-order valence-electron chi connectivity index (χ1n) is 3.43. The molecule has 1 N–H and O–H groups in total. The van der Waals surface area contributed by atoms with Gasteiger partial charge in [-0.25, -0.2) is 0 Å². The van der Waals surface area contributed by atoms with Gasteiger partial charge in [0.2, 0.25) is 0 Å². The zero-order chi connectivity index (χ0) is 9.14. The summed E-state index contributed by atoms with van der Waals surface area (Å²) in [7, 11) is 0. The van der Waals surface area contributed by atoms with Crippen molar-refractivity contribution in [3.05, 3.63) is 40.4 Å². The van der Waals surface area contributed by atoms with Gasteiger partial charge in [0, 0.05) is 0 Å². The van der Waals surface area contributed by atoms with Crippen LogP contribution in [0.15, 0.2) is 24.8 Å². The van der Waals surface area contributed by atoms with Gasteiger partial charge in [0.15, 0.2) is 5.75 Å². The topological polar surface area (TPSA) is 20.2 Å². The molecule has 0 saturated heterocycles. The van der Waals surface area contributed by atoms with Crippen LogP contribution >= 0.6 is 23.2 Å². The smallest absolute Gasteiger partial charge is 0.152 e. The molecule has 1 aromatic carbocycles. The summed E-state index contributed by atoms with van der Waals surface area (Å²) in [5.74, 6) is -0.0638. The Labute approximate surface area is 81.2 Å². The number of allylic oxidation sites excluding steroid dienone is 1. The second-order valence-electron chi connectivity index (χ2n) is 2.40. The quantitative estimate of drug-likeness (QED) is 0.730. The molecule has 0 atom stereocenters. The predicted octanol–water partition coefficient (Wildman–Crippen LogP) is 3.43. The average molecular weight is 203 g/mol. The molecule has 0 radical (unpaired) electrons. The maximum atomic E-state index is 9.21. The fraction of sp³-hybridized carbons (Fsp3) is 0.111. The largest absolute Gasteiger partial charge is 0.505 e. The third kappa shape index (κ3) is 1.93. The molecule has 0 spiro atoms. The SMILES string of the molecule is C=CCc1cc(Cl)c(O)c(Cl)c1. The van der Waals surface area contributed by atoms with Gasteiger partial charge in [0.05, 0.1) is 10.0 Å². The number of hydrogen-bond donors (Lipinski definition) is 1. The van der Waals surface area contributed by atoms with Crippen LogP contribution in [0.25, 0.3) is 0 Å². The summed E-state index contributed by atoms with van der Waals surface area (Å²) in [5, 5.41) is 9.76. The van der Waals surface area contributed by atoms with E-state index in [9.17, 15) is 5.11 Å². The first kappa shape index (κ1) is 9.43. The lowest BCUT2D eigenvalue weighted by atomic mass is 10.1. The molecule has 0 aliphatic rings. The van der Waals surface area contributed by atoms with Crippen molar-refractivity contribution in [2.24, 2.45) is 0 Å². The zero-order valence-corrected chi connectivity index (χ0v) is 7.86. The van der Waals surface area contributed by atoms with Crippen LogP contribution in [-0.4, -0.2) is 5.11 Å². The lowest BCUT2D eigenvalue weighted by Gasteiger charge is -2.02. The first-order chi connectivity index (χ1) is 5.65. The summed E-state index contributed by atoms with van der Waals surface area (Å²) in [5.41, 5.74) is 0.942. The van der Waals surface area contributed by atoms with Crippen molar-refractivity contribution in [1.29, 1.82) is 0 Å². The molecule has 12 heavy (non-hydrogen) atoms. The van der Waals surface area contributed by atoms with Gasteiger partial charge in [-0.2, -0.15) is 0 Å². The highest BCUT2D eigenvalue weighted by Crippen LogP contribution is 2.32. The maximum Gasteiger partial charge on any atom is 0.152 e. The summed E-state index contributed by atoms with van der Waals surface area (Å²) in [4.78, 5) is 0. The van der Waals surface area contributed by atoms with Crippen molar-refractivity contribution >= 4 is 23.2 Å². The van der Waals surface area contributed by atoms with Crippen LogP contribution in [0, 0.1) is 0 Å². The van der Waals surface area contributed by atoms with E-state index in [4.69, 9.17) is 23.2 Å². The second-order valence-corrected chi connectivity index (χ2v) is 3.22. The maximum absolute atomic E-state index is 9.21. The van der Waals surface area contributed by atoms with E-state index in [1.165, 1.54) is 0 Å². The molecule has 1 nitrogen and oxygen atoms in total. The molecule has 3 heteroatoms. The molecule has 0 aromatic heterocycles. The fourth-order valence-corrected chi connectivity index (χ4v) is 1.43. The molecule has 0 bridgehead atoms. The van der Waals surface area contributed by atoms with Crippen LogP contribution in [0.2, 0.25) is 10.0 Å². The van der Waals surface area contributed by atoms with Crippen molar-refractivity contribution < 1.29 is 5.11 Å². The van der Waals surface area contributed by atoms with Crippen molar-refractivity contribution in [3.8, 4) is 5.75 Å². The van der Waals surface area contributed by atoms with E-state index in [0.717, 1.165) is 5.56 Å². The van der Waals surface area contributed by atoms with Crippen LogP contribution in [-0.2, 0) is 6.42 Å². The molecule has 0 saturated carbocycles. The Morgan fingerprint density at radius 3 is 2.25 bits per heavy atom. The molecule has 0 heterocycles. The van der Waals surface area contributed by atoms with Crippen LogP contribution in [0.5, 0.6) is 5.75 Å². The predicted molar refractivity (Wildman–Crippen MR) is 52.0 cm³/mol. The van der Waals surface area contributed by atoms with Crippen molar-refractivity contribution in [3.63, 3.8) is 0 Å². The summed E-state index contributed by atoms with van der Waals surface area (Å²) >= 11 is 11.4. The number of phenols is 1. The van der Waals surface area contributed by atoms with Crippen LogP contribution < -0.4 is 0 Å². The van der Waals surface area contributed by atoms with E-state index in [1.807, 2.05) is 0 Å². The molecule has 0 unspecified atom stereocenters. The first-order valence-corrected chi connectivity index (χ1v) is 4.18. The Bertz CT molecular complexity index is 284. The summed E-state index contributed by atoms with van der Waals surface area (Å²) in [6, 6.07) is 3.34. The van der Waals surface area contributed by atoms with Crippen LogP contribution in [0.1, 0.15) is 5.56 Å². The van der Waals surface area contributed by atoms with E-state index in [2.05, 4.69) is 6.58 Å². The Kier molecular flexibility index (Phi) is 3.01. The fourth-order valence-electron chi connectivity index (χ4n) is 0.903. The minimum Gasteiger partial charge on any atom is -0.505 e. The highest BCUT2D eigenvalue weighted by Gasteiger charge is 2.04. The van der Waals surface area contributed by atoms with E-state index in [1.54, 1.807) is 18.2 Å². The standard InChI is InChI=1S/C9H8Cl2O/c1-2-3-6-4-7(10)9(12)8(11)5-6/h2,4-5,12H,1,3H2. The normalized spacial score (nSPS) is 9.83. The molecule has 0 aliphatic carbocycles. The van der Waals surface area contributed by atoms with Gasteiger partial charge in [-0.05, 0) is 24.1 Å². The third-order valence-corrected chi connectivity index (χ3v) is 2.03. The summed E-state index contributed by atoms with van der Waals surface area (Å²) in [6.45, 7) is 3.59. The van der Waals surface area contributed by atoms with E-state index in [-0.39, 0.29) is 15.8 Å². The molecule has 64 valence electrons. The number of phenolic OH excluding ortho intramolecular Hbond substituents is 1. The summed E-state index contributed by atoms with van der Waals surface area (Å²) in [6.07, 6.45) is 2.44. The molecule has 0 amide bonds. The number of hydrogen-bond acceptors (Lipinski definition) is 1. The van der Waals surface area contributed by atoms with E-state index in [0.29, 0.717) is 6.42 Å². The number of rotatable bonds is 2. The molecule has 0 aliphatic heterocycles. The Hall–Kier alpha value is -0.660. The zero-order valence-electron chi connectivity index (χ0n) is 6.35. The van der Waals surface area contributed by atoms with Gasteiger partial charge in [-0.3, -0.25) is 0 Å². The molecule has 1 aromatic rings. The van der Waals surface area contributed by atoms with Gasteiger partial charge in [0.25, 0.3) is 0 Å². The van der Waals surface area contributed by atoms with Gasteiger partial charge < -0.3 is 5.11 Å². The van der Waals surface area contributed by atoms with Crippen LogP contribution in [0.4, 0.5) is 0 Å². The Morgan fingerprint density at radius 2 is 1.83 bits per heavy atom. The van der Waals surface area contributed by atoms with Gasteiger partial charge >= 0.3 is 0 Å². The number of benzene rings is 1. The highest BCUT2D eigenvalue weighted by molar-refractivity contribution is 6.37. The second kappa shape index (κ2) is 3.83. The van der Waals surface area contributed by atoms with Crippen molar-refractivity contribution in [2.75, 3.05) is 0 Å². The van der Waals surface area contributed by atoms with Gasteiger partial charge in [-0.1, -0.05) is 29.3 Å². The van der Waals surface area contributed by atoms with Crippen LogP contribution in [0.3, 0.4) is 0 Å². The lowest BCUT2D eigenvalue weighted by molar-refractivity contribution is 0.475. The Morgan fingerprint density at radius 1 is 1.33 bits per heavy atom. The van der Waals surface area contributed by atoms with Gasteiger partial charge in [-0.15, -0.1) is 6.58 Å². The van der Waals surface area contributed by atoms with E-state index >= 15 is 0 Å². The van der Waals surface area contributed by atoms with E-state index < -0.39 is 0 Å². The summed E-state index contributed by atoms with van der Waals surface area (Å²) < 4.78 is 0. The molecular weight excluding hydrogens is 195 g/mol. The van der Waals surface area contributed by atoms with Crippen molar-refractivity contribution in [2.45, 2.75) is 6.42 Å². The minimum absolute atomic E-state index is 0.0638. The number of aromatic hydroxyl groups is 1. The molecular formula is C9H8Cl2O. The van der Waals surface area contributed by atoms with Gasteiger partial charge in [0.1, 0.15) is 0 Å². The monoisotopic (exact) mass is 202 g/mol.